The van der Waals surface area contributed by atoms with Gasteiger partial charge in [-0.25, -0.2) is 4.79 Å². The number of hydrogen-bond donors (Lipinski definition) is 1. The van der Waals surface area contributed by atoms with Crippen LogP contribution >= 0.6 is 0 Å². The van der Waals surface area contributed by atoms with E-state index in [9.17, 15) is 4.79 Å². The maximum absolute atomic E-state index is 10.8. The highest BCUT2D eigenvalue weighted by atomic mass is 16.4. The van der Waals surface area contributed by atoms with Crippen LogP contribution in [-0.4, -0.2) is 29.7 Å². The quantitative estimate of drug-likeness (QED) is 0.818. The lowest BCUT2D eigenvalue weighted by atomic mass is 9.49. The van der Waals surface area contributed by atoms with Gasteiger partial charge in [-0.15, -0.1) is 0 Å². The molecule has 96 valence electrons. The van der Waals surface area contributed by atoms with Crippen molar-refractivity contribution >= 4 is 6.09 Å². The average Bonchev–Trinajstić information content (AvgIpc) is 2.24. The van der Waals surface area contributed by atoms with Crippen LogP contribution in [0, 0.1) is 23.2 Å². The molecule has 1 N–H and O–H groups in total. The minimum Gasteiger partial charge on any atom is -0.465 e. The maximum atomic E-state index is 10.8. The van der Waals surface area contributed by atoms with Gasteiger partial charge in [-0.3, -0.25) is 0 Å². The van der Waals surface area contributed by atoms with Gasteiger partial charge < -0.3 is 10.0 Å². The second kappa shape index (κ2) is 3.89. The fourth-order valence-corrected chi connectivity index (χ4v) is 5.10. The van der Waals surface area contributed by atoms with E-state index in [1.807, 2.05) is 0 Å². The van der Waals surface area contributed by atoms with Crippen LogP contribution in [0.4, 0.5) is 4.79 Å². The number of carboxylic acid groups (broad SMARTS) is 1. The van der Waals surface area contributed by atoms with Crippen LogP contribution in [-0.2, 0) is 0 Å². The SMILES string of the molecule is CN(CCC12CC3CC(CC(C3)C1)C2)C(=O)O. The zero-order valence-electron chi connectivity index (χ0n) is 10.7. The standard InChI is InChI=1S/C14H23NO2/c1-15(13(16)17)3-2-14-7-10-4-11(8-14)6-12(5-10)9-14/h10-12H,2-9H2,1H3,(H,16,17). The molecular formula is C14H23NO2. The van der Waals surface area contributed by atoms with Gasteiger partial charge in [-0.2, -0.15) is 0 Å². The molecule has 4 saturated carbocycles. The van der Waals surface area contributed by atoms with Gasteiger partial charge in [-0.05, 0) is 68.1 Å². The molecule has 0 aromatic carbocycles. The highest BCUT2D eigenvalue weighted by molar-refractivity contribution is 5.64. The second-order valence-electron chi connectivity index (χ2n) is 6.87. The van der Waals surface area contributed by atoms with Crippen molar-refractivity contribution in [1.29, 1.82) is 0 Å². The molecule has 4 fully saturated rings. The number of rotatable bonds is 3. The molecule has 3 nitrogen and oxygen atoms in total. The van der Waals surface area contributed by atoms with Gasteiger partial charge in [0, 0.05) is 13.6 Å². The van der Waals surface area contributed by atoms with Crippen molar-refractivity contribution in [2.24, 2.45) is 23.2 Å². The van der Waals surface area contributed by atoms with Gasteiger partial charge in [0.05, 0.1) is 0 Å². The second-order valence-corrected chi connectivity index (χ2v) is 6.87. The molecule has 4 aliphatic rings. The summed E-state index contributed by atoms with van der Waals surface area (Å²) < 4.78 is 0. The third-order valence-electron chi connectivity index (χ3n) is 5.47. The lowest BCUT2D eigenvalue weighted by Gasteiger charge is -2.57. The predicted molar refractivity (Wildman–Crippen MR) is 65.9 cm³/mol. The molecule has 0 radical (unpaired) electrons. The first-order valence-corrected chi connectivity index (χ1v) is 7.00. The monoisotopic (exact) mass is 237 g/mol. The van der Waals surface area contributed by atoms with Gasteiger partial charge in [0.15, 0.2) is 0 Å². The zero-order valence-corrected chi connectivity index (χ0v) is 10.7. The minimum absolute atomic E-state index is 0.512. The Kier molecular flexibility index (Phi) is 2.60. The molecule has 4 bridgehead atoms. The van der Waals surface area contributed by atoms with Gasteiger partial charge in [0.1, 0.15) is 0 Å². The van der Waals surface area contributed by atoms with Crippen molar-refractivity contribution in [1.82, 2.24) is 4.90 Å². The molecule has 0 aromatic heterocycles. The summed E-state index contributed by atoms with van der Waals surface area (Å²) in [5.74, 6) is 2.91. The molecule has 17 heavy (non-hydrogen) atoms. The van der Waals surface area contributed by atoms with E-state index in [1.165, 1.54) is 43.4 Å². The van der Waals surface area contributed by atoms with E-state index in [0.29, 0.717) is 5.41 Å². The molecule has 3 heteroatoms. The number of nitrogens with zero attached hydrogens (tertiary/aromatic N) is 1. The fourth-order valence-electron chi connectivity index (χ4n) is 5.10. The molecule has 0 saturated heterocycles. The average molecular weight is 237 g/mol. The number of hydrogen-bond acceptors (Lipinski definition) is 1. The molecule has 0 aromatic rings. The van der Waals surface area contributed by atoms with Crippen LogP contribution < -0.4 is 0 Å². The summed E-state index contributed by atoms with van der Waals surface area (Å²) >= 11 is 0. The van der Waals surface area contributed by atoms with Crippen molar-refractivity contribution in [3.63, 3.8) is 0 Å². The molecule has 0 unspecified atom stereocenters. The van der Waals surface area contributed by atoms with E-state index in [4.69, 9.17) is 5.11 Å². The number of carbonyl (C=O) groups is 1. The largest absolute Gasteiger partial charge is 0.465 e. The first-order valence-electron chi connectivity index (χ1n) is 7.00. The van der Waals surface area contributed by atoms with Crippen molar-refractivity contribution < 1.29 is 9.90 Å². The van der Waals surface area contributed by atoms with Gasteiger partial charge in [0.25, 0.3) is 0 Å². The Hall–Kier alpha value is -0.730. The summed E-state index contributed by atoms with van der Waals surface area (Å²) in [6, 6.07) is 0. The van der Waals surface area contributed by atoms with Crippen molar-refractivity contribution in [2.45, 2.75) is 44.9 Å². The minimum atomic E-state index is -0.783. The van der Waals surface area contributed by atoms with Gasteiger partial charge in [-0.1, -0.05) is 0 Å². The summed E-state index contributed by atoms with van der Waals surface area (Å²) in [4.78, 5) is 12.3. The third kappa shape index (κ3) is 2.04. The first kappa shape index (κ1) is 11.4. The van der Waals surface area contributed by atoms with Crippen LogP contribution in [0.2, 0.25) is 0 Å². The van der Waals surface area contributed by atoms with Crippen LogP contribution in [0.25, 0.3) is 0 Å². The van der Waals surface area contributed by atoms with Crippen molar-refractivity contribution in [3.05, 3.63) is 0 Å². The molecule has 0 spiro atoms. The summed E-state index contributed by atoms with van der Waals surface area (Å²) in [5, 5.41) is 8.92. The van der Waals surface area contributed by atoms with E-state index in [0.717, 1.165) is 30.7 Å². The third-order valence-corrected chi connectivity index (χ3v) is 5.47. The van der Waals surface area contributed by atoms with E-state index >= 15 is 0 Å². The fraction of sp³-hybridized carbons (Fsp3) is 0.929. The molecule has 0 atom stereocenters. The Labute approximate surface area is 103 Å². The van der Waals surface area contributed by atoms with Crippen LogP contribution in [0.15, 0.2) is 0 Å². The highest BCUT2D eigenvalue weighted by Crippen LogP contribution is 2.61. The highest BCUT2D eigenvalue weighted by Gasteiger charge is 2.50. The van der Waals surface area contributed by atoms with Crippen LogP contribution in [0.1, 0.15) is 44.9 Å². The summed E-state index contributed by atoms with van der Waals surface area (Å²) in [6.07, 6.45) is 8.86. The van der Waals surface area contributed by atoms with Crippen LogP contribution in [0.5, 0.6) is 0 Å². The molecule has 1 amide bonds. The number of amides is 1. The molecule has 0 heterocycles. The molecule has 0 aliphatic heterocycles. The summed E-state index contributed by atoms with van der Waals surface area (Å²) in [6.45, 7) is 0.724. The van der Waals surface area contributed by atoms with E-state index in [1.54, 1.807) is 7.05 Å². The van der Waals surface area contributed by atoms with Crippen molar-refractivity contribution in [2.75, 3.05) is 13.6 Å². The normalized spacial score (nSPS) is 42.8. The van der Waals surface area contributed by atoms with Crippen molar-refractivity contribution in [3.8, 4) is 0 Å². The molecule has 4 aliphatic carbocycles. The topological polar surface area (TPSA) is 40.5 Å². The van der Waals surface area contributed by atoms with Gasteiger partial charge in [0.2, 0.25) is 0 Å². The Balaban J connectivity index is 1.64. The van der Waals surface area contributed by atoms with Crippen LogP contribution in [0.3, 0.4) is 0 Å². The van der Waals surface area contributed by atoms with E-state index in [2.05, 4.69) is 0 Å². The predicted octanol–water partition coefficient (Wildman–Crippen LogP) is 3.20. The summed E-state index contributed by atoms with van der Waals surface area (Å²) in [5.41, 5.74) is 0.512. The Morgan fingerprint density at radius 1 is 1.18 bits per heavy atom. The lowest BCUT2D eigenvalue weighted by molar-refractivity contribution is -0.0595. The maximum Gasteiger partial charge on any atom is 0.407 e. The Bertz CT molecular complexity index is 291. The molecule has 4 rings (SSSR count). The smallest absolute Gasteiger partial charge is 0.407 e. The van der Waals surface area contributed by atoms with E-state index in [-0.39, 0.29) is 0 Å². The lowest BCUT2D eigenvalue weighted by Crippen LogP contribution is -2.47. The van der Waals surface area contributed by atoms with E-state index < -0.39 is 6.09 Å². The Morgan fingerprint density at radius 2 is 1.65 bits per heavy atom. The Morgan fingerprint density at radius 3 is 2.06 bits per heavy atom. The first-order chi connectivity index (χ1) is 8.06. The molecular weight excluding hydrogens is 214 g/mol. The van der Waals surface area contributed by atoms with Gasteiger partial charge >= 0.3 is 6.09 Å². The zero-order chi connectivity index (χ0) is 12.0. The summed E-state index contributed by atoms with van der Waals surface area (Å²) in [7, 11) is 1.70.